The van der Waals surface area contributed by atoms with Gasteiger partial charge in [0.25, 0.3) is 0 Å². The summed E-state index contributed by atoms with van der Waals surface area (Å²) in [5.41, 5.74) is 3.40. The summed E-state index contributed by atoms with van der Waals surface area (Å²) in [6.45, 7) is 27.1. The van der Waals surface area contributed by atoms with Gasteiger partial charge in [0, 0.05) is 102 Å². The fourth-order valence-corrected chi connectivity index (χ4v) is 10.2. The first-order valence-corrected chi connectivity index (χ1v) is 26.0. The van der Waals surface area contributed by atoms with Gasteiger partial charge in [0.05, 0.1) is 70.8 Å². The number of nitriles is 2. The van der Waals surface area contributed by atoms with Gasteiger partial charge in [-0.15, -0.1) is 0 Å². The Morgan fingerprint density at radius 1 is 0.579 bits per heavy atom. The molecule has 0 spiro atoms. The largest absolute Gasteiger partial charge is 0.444 e. The molecular weight excluding hydrogens is 969 g/mol. The maximum absolute atomic E-state index is 12.7. The summed E-state index contributed by atoms with van der Waals surface area (Å²) >= 11 is 0. The van der Waals surface area contributed by atoms with Crippen LogP contribution in [0.3, 0.4) is 0 Å². The van der Waals surface area contributed by atoms with E-state index >= 15 is 0 Å². The summed E-state index contributed by atoms with van der Waals surface area (Å²) in [6, 6.07) is 11.3. The van der Waals surface area contributed by atoms with Crippen molar-refractivity contribution in [1.82, 2.24) is 48.8 Å². The van der Waals surface area contributed by atoms with Crippen LogP contribution >= 0.6 is 0 Å². The monoisotopic (exact) mass is 1040 g/mol. The van der Waals surface area contributed by atoms with E-state index in [-0.39, 0.29) is 36.5 Å². The predicted molar refractivity (Wildman–Crippen MR) is 287 cm³/mol. The van der Waals surface area contributed by atoms with Crippen LogP contribution in [0.4, 0.5) is 32.6 Å². The van der Waals surface area contributed by atoms with Crippen molar-refractivity contribution in [2.24, 2.45) is 0 Å². The number of hydrogen-bond donors (Lipinski definition) is 0. The molecule has 4 aliphatic heterocycles. The molecule has 0 unspecified atom stereocenters. The van der Waals surface area contributed by atoms with E-state index in [2.05, 4.69) is 79.4 Å². The first kappa shape index (κ1) is 53.0. The SMILES string of the molecule is C[C@@H]1CN(c2cn(-c3cc(C#N)ccn3)c3ncnc(N4CCN(C(=O)OC(C)(C)C)C[C@@H]4C)c23)CCO1.C[C@@H]1CN(c2cn(-c3cc(C#N)ccn3)c3ncnc(N4CCN(C(=O)OC(C)(C)C)C[C@@H]4C)c23)CCO1. The molecule has 6 aromatic heterocycles. The van der Waals surface area contributed by atoms with Crippen molar-refractivity contribution in [3.8, 4) is 23.8 Å². The van der Waals surface area contributed by atoms with E-state index in [0.29, 0.717) is 86.5 Å². The number of rotatable bonds is 6. The molecule has 0 aliphatic carbocycles. The van der Waals surface area contributed by atoms with Crippen molar-refractivity contribution in [3.63, 3.8) is 0 Å². The first-order valence-electron chi connectivity index (χ1n) is 26.0. The summed E-state index contributed by atoms with van der Waals surface area (Å²) in [4.78, 5) is 66.0. The maximum atomic E-state index is 12.7. The highest BCUT2D eigenvalue weighted by Gasteiger charge is 2.36. The highest BCUT2D eigenvalue weighted by atomic mass is 16.6. The third-order valence-electron chi connectivity index (χ3n) is 13.6. The molecule has 22 nitrogen and oxygen atoms in total. The Labute approximate surface area is 443 Å². The normalized spacial score (nSPS) is 20.5. The fourth-order valence-electron chi connectivity index (χ4n) is 10.2. The Morgan fingerprint density at radius 3 is 1.34 bits per heavy atom. The molecule has 10 heterocycles. The highest BCUT2D eigenvalue weighted by molar-refractivity contribution is 6.02. The van der Waals surface area contributed by atoms with Crippen molar-refractivity contribution < 1.29 is 28.5 Å². The number of morpholine rings is 2. The second kappa shape index (κ2) is 21.8. The van der Waals surface area contributed by atoms with Crippen LogP contribution in [0.1, 0.15) is 80.4 Å². The van der Waals surface area contributed by atoms with Crippen LogP contribution in [-0.2, 0) is 18.9 Å². The van der Waals surface area contributed by atoms with Crippen LogP contribution in [0.15, 0.2) is 61.7 Å². The molecule has 6 aromatic rings. The third-order valence-corrected chi connectivity index (χ3v) is 13.6. The van der Waals surface area contributed by atoms with Crippen molar-refractivity contribution in [2.45, 2.75) is 105 Å². The minimum atomic E-state index is -0.541. The third kappa shape index (κ3) is 11.5. The molecule has 4 aliphatic rings. The van der Waals surface area contributed by atoms with Gasteiger partial charge in [-0.25, -0.2) is 39.5 Å². The Bertz CT molecular complexity index is 2960. The number of ether oxygens (including phenoxy) is 4. The quantitative estimate of drug-likeness (QED) is 0.169. The van der Waals surface area contributed by atoms with E-state index in [9.17, 15) is 20.1 Å². The molecule has 0 saturated carbocycles. The topological polar surface area (TPSA) is 225 Å². The van der Waals surface area contributed by atoms with Gasteiger partial charge in [0.15, 0.2) is 11.3 Å². The van der Waals surface area contributed by atoms with Gasteiger partial charge in [-0.2, -0.15) is 10.5 Å². The number of nitrogens with zero attached hydrogens (tertiary/aromatic N) is 16. The van der Waals surface area contributed by atoms with Crippen molar-refractivity contribution in [1.29, 1.82) is 10.5 Å². The van der Waals surface area contributed by atoms with Crippen molar-refractivity contribution in [2.75, 3.05) is 98.3 Å². The summed E-state index contributed by atoms with van der Waals surface area (Å²) in [7, 11) is 0. The van der Waals surface area contributed by atoms with Crippen LogP contribution in [0, 0.1) is 22.7 Å². The van der Waals surface area contributed by atoms with E-state index in [1.807, 2.05) is 63.1 Å². The van der Waals surface area contributed by atoms with Gasteiger partial charge >= 0.3 is 12.2 Å². The van der Waals surface area contributed by atoms with Gasteiger partial charge < -0.3 is 48.3 Å². The van der Waals surface area contributed by atoms with Gasteiger partial charge in [0.2, 0.25) is 0 Å². The standard InChI is InChI=1S/2C27H34N8O3/c2*1-18-14-33(26(36)38-27(3,4)5)8-9-34(18)24-23-21(32-10-11-37-19(2)15-32)16-35(25(23)31-17-30-24)22-12-20(13-28)6-7-29-22/h2*6-7,12,16-19H,8-11,14-15H2,1-5H3/t2*18-,19+/m00/s1. The Balaban J connectivity index is 0.000000186. The molecule has 4 fully saturated rings. The van der Waals surface area contributed by atoms with E-state index in [1.54, 1.807) is 59.1 Å². The summed E-state index contributed by atoms with van der Waals surface area (Å²) in [6.07, 6.45) is 10.1. The Morgan fingerprint density at radius 2 is 0.987 bits per heavy atom. The number of amides is 2. The first-order chi connectivity index (χ1) is 36.3. The van der Waals surface area contributed by atoms with E-state index in [0.717, 1.165) is 60.0 Å². The minimum absolute atomic E-state index is 0.00854. The summed E-state index contributed by atoms with van der Waals surface area (Å²) in [5.74, 6) is 2.87. The highest BCUT2D eigenvalue weighted by Crippen LogP contribution is 2.40. The molecule has 0 aromatic carbocycles. The molecular formula is C54H68N16O6. The number of hydrogen-bond acceptors (Lipinski definition) is 18. The van der Waals surface area contributed by atoms with Gasteiger partial charge in [-0.3, -0.25) is 9.13 Å². The van der Waals surface area contributed by atoms with E-state index in [1.165, 1.54) is 0 Å². The fraction of sp³-hybridized carbons (Fsp3) is 0.519. The lowest BCUT2D eigenvalue weighted by molar-refractivity contribution is 0.0208. The number of anilines is 4. The lowest BCUT2D eigenvalue weighted by Gasteiger charge is -2.41. The second-order valence-corrected chi connectivity index (χ2v) is 21.8. The molecule has 400 valence electrons. The number of aromatic nitrogens is 8. The summed E-state index contributed by atoms with van der Waals surface area (Å²) in [5, 5.41) is 20.7. The number of fused-ring (bicyclic) bond motifs is 2. The lowest BCUT2D eigenvalue weighted by atomic mass is 10.1. The van der Waals surface area contributed by atoms with Crippen molar-refractivity contribution in [3.05, 3.63) is 72.8 Å². The molecule has 0 N–H and O–H groups in total. The number of piperazine rings is 2. The average molecular weight is 1040 g/mol. The molecule has 0 bridgehead atoms. The van der Waals surface area contributed by atoms with Crippen LogP contribution < -0.4 is 19.6 Å². The maximum Gasteiger partial charge on any atom is 0.410 e. The van der Waals surface area contributed by atoms with E-state index in [4.69, 9.17) is 28.9 Å². The van der Waals surface area contributed by atoms with Crippen LogP contribution in [0.2, 0.25) is 0 Å². The Kier molecular flexibility index (Phi) is 15.2. The molecule has 4 atom stereocenters. The lowest BCUT2D eigenvalue weighted by Crippen LogP contribution is -2.55. The zero-order chi connectivity index (χ0) is 54.1. The zero-order valence-electron chi connectivity index (χ0n) is 45.2. The number of carbonyl (C=O) groups is 2. The second-order valence-electron chi connectivity index (χ2n) is 21.8. The van der Waals surface area contributed by atoms with Gasteiger partial charge in [-0.1, -0.05) is 0 Å². The number of carbonyl (C=O) groups excluding carboxylic acids is 2. The summed E-state index contributed by atoms with van der Waals surface area (Å²) < 4.78 is 26.7. The molecule has 4 saturated heterocycles. The molecule has 2 amide bonds. The molecule has 76 heavy (non-hydrogen) atoms. The van der Waals surface area contributed by atoms with Crippen LogP contribution in [-0.4, -0.2) is 175 Å². The van der Waals surface area contributed by atoms with Crippen LogP contribution in [0.25, 0.3) is 33.7 Å². The minimum Gasteiger partial charge on any atom is -0.444 e. The van der Waals surface area contributed by atoms with Gasteiger partial charge in [-0.05, 0) is 93.5 Å². The van der Waals surface area contributed by atoms with Crippen molar-refractivity contribution >= 4 is 57.3 Å². The zero-order valence-corrected chi connectivity index (χ0v) is 45.2. The smallest absolute Gasteiger partial charge is 0.410 e. The molecule has 0 radical (unpaired) electrons. The predicted octanol–water partition coefficient (Wildman–Crippen LogP) is 6.72. The molecule has 22 heteroatoms. The van der Waals surface area contributed by atoms with Crippen LogP contribution in [0.5, 0.6) is 0 Å². The molecule has 10 rings (SSSR count). The Hall–Kier alpha value is -7.82. The van der Waals surface area contributed by atoms with Gasteiger partial charge in [0.1, 0.15) is 47.1 Å². The average Bonchev–Trinajstić information content (AvgIpc) is 3.99. The number of pyridine rings is 2. The van der Waals surface area contributed by atoms with E-state index < -0.39 is 11.2 Å².